The summed E-state index contributed by atoms with van der Waals surface area (Å²) in [5, 5.41) is 6.06. The van der Waals surface area contributed by atoms with Crippen molar-refractivity contribution >= 4 is 34.5 Å². The van der Waals surface area contributed by atoms with E-state index in [1.165, 1.54) is 75.7 Å². The maximum absolute atomic E-state index is 6.52. The molecule has 2 aliphatic heterocycles. The highest BCUT2D eigenvalue weighted by Gasteiger charge is 2.36. The lowest BCUT2D eigenvalue weighted by atomic mass is 9.85. The maximum atomic E-state index is 6.52. The lowest BCUT2D eigenvalue weighted by Gasteiger charge is -2.36. The van der Waals surface area contributed by atoms with Gasteiger partial charge in [0.05, 0.1) is 12.7 Å². The quantitative estimate of drug-likeness (QED) is 0.258. The molecule has 3 fully saturated rings. The standard InChI is InChI=1S/C31H42Cl2N2OS/c1-2-14-36-31(24-5-3-4-6-24)16-23-9-12-34(13-10-23)19-27-20-35(21-29(27)26-11-15-37-22-26)18-25-7-8-28(32)17-30(25)33/h2,7-8,11,15,17,22-24,27,29,31H,1,3-6,9-10,12-14,16,18-21H2. The lowest BCUT2D eigenvalue weighted by Crippen LogP contribution is -2.40. The van der Waals surface area contributed by atoms with Crippen LogP contribution in [0.5, 0.6) is 0 Å². The number of halogens is 2. The second-order valence-electron chi connectivity index (χ2n) is 11.5. The van der Waals surface area contributed by atoms with Crippen molar-refractivity contribution in [1.82, 2.24) is 9.80 Å². The minimum atomic E-state index is 0.433. The van der Waals surface area contributed by atoms with Gasteiger partial charge in [-0.3, -0.25) is 4.90 Å². The number of thiophene rings is 1. The maximum Gasteiger partial charge on any atom is 0.0648 e. The van der Waals surface area contributed by atoms with Crippen LogP contribution in [0.3, 0.4) is 0 Å². The minimum Gasteiger partial charge on any atom is -0.374 e. The van der Waals surface area contributed by atoms with Crippen LogP contribution in [0.25, 0.3) is 0 Å². The SMILES string of the molecule is C=CCOC(CC1CCN(CC2CN(Cc3ccc(Cl)cc3Cl)CC2c2ccsc2)CC1)C1CCCC1. The zero-order chi connectivity index (χ0) is 25.6. The van der Waals surface area contributed by atoms with Crippen LogP contribution in [-0.4, -0.2) is 55.2 Å². The molecule has 0 N–H and O–H groups in total. The van der Waals surface area contributed by atoms with E-state index in [0.29, 0.717) is 29.6 Å². The van der Waals surface area contributed by atoms with Crippen LogP contribution in [0.15, 0.2) is 47.7 Å². The summed E-state index contributed by atoms with van der Waals surface area (Å²) < 4.78 is 6.29. The van der Waals surface area contributed by atoms with Gasteiger partial charge in [0.1, 0.15) is 0 Å². The van der Waals surface area contributed by atoms with E-state index in [-0.39, 0.29) is 0 Å². The second-order valence-corrected chi connectivity index (χ2v) is 13.2. The van der Waals surface area contributed by atoms with Gasteiger partial charge in [-0.05, 0) is 103 Å². The summed E-state index contributed by atoms with van der Waals surface area (Å²) >= 11 is 14.5. The summed E-state index contributed by atoms with van der Waals surface area (Å²) in [4.78, 5) is 5.34. The van der Waals surface area contributed by atoms with E-state index in [0.717, 1.165) is 36.5 Å². The van der Waals surface area contributed by atoms with Crippen LogP contribution in [0.2, 0.25) is 10.0 Å². The average Bonchev–Trinajstić information content (AvgIpc) is 3.67. The van der Waals surface area contributed by atoms with E-state index < -0.39 is 0 Å². The van der Waals surface area contributed by atoms with Crippen LogP contribution in [0, 0.1) is 17.8 Å². The molecule has 0 amide bonds. The number of piperidine rings is 1. The van der Waals surface area contributed by atoms with Gasteiger partial charge in [0.2, 0.25) is 0 Å². The molecule has 3 nitrogen and oxygen atoms in total. The highest BCUT2D eigenvalue weighted by Crippen LogP contribution is 2.38. The first kappa shape index (κ1) is 27.7. The van der Waals surface area contributed by atoms with Crippen LogP contribution < -0.4 is 0 Å². The van der Waals surface area contributed by atoms with Crippen molar-refractivity contribution in [2.24, 2.45) is 17.8 Å². The predicted octanol–water partition coefficient (Wildman–Crippen LogP) is 8.13. The summed E-state index contributed by atoms with van der Waals surface area (Å²) in [6, 6.07) is 8.24. The van der Waals surface area contributed by atoms with Gasteiger partial charge in [-0.15, -0.1) is 6.58 Å². The number of ether oxygens (including phenoxy) is 1. The number of benzene rings is 1. The zero-order valence-corrected chi connectivity index (χ0v) is 24.3. The molecule has 0 radical (unpaired) electrons. The Kier molecular flexibility index (Phi) is 10.1. The first-order valence-corrected chi connectivity index (χ1v) is 15.9. The molecule has 0 spiro atoms. The molecular weight excluding hydrogens is 519 g/mol. The van der Waals surface area contributed by atoms with E-state index >= 15 is 0 Å². The summed E-state index contributed by atoms with van der Waals surface area (Å²) in [6.07, 6.45) is 11.7. The molecule has 3 unspecified atom stereocenters. The fourth-order valence-electron chi connectivity index (χ4n) is 7.01. The van der Waals surface area contributed by atoms with E-state index in [9.17, 15) is 0 Å². The molecule has 3 atom stereocenters. The molecule has 37 heavy (non-hydrogen) atoms. The number of nitrogens with zero attached hydrogens (tertiary/aromatic N) is 2. The van der Waals surface area contributed by atoms with Crippen molar-refractivity contribution in [3.8, 4) is 0 Å². The molecule has 6 heteroatoms. The largest absolute Gasteiger partial charge is 0.374 e. The van der Waals surface area contributed by atoms with Crippen LogP contribution in [0.1, 0.15) is 62.0 Å². The second kappa shape index (κ2) is 13.5. The molecule has 1 aliphatic carbocycles. The Morgan fingerprint density at radius 3 is 2.57 bits per heavy atom. The van der Waals surface area contributed by atoms with Crippen LogP contribution >= 0.6 is 34.5 Å². The van der Waals surface area contributed by atoms with Crippen molar-refractivity contribution in [1.29, 1.82) is 0 Å². The Morgan fingerprint density at radius 1 is 1.05 bits per heavy atom. The summed E-state index contributed by atoms with van der Waals surface area (Å²) in [5.41, 5.74) is 2.68. The third-order valence-electron chi connectivity index (χ3n) is 9.02. The smallest absolute Gasteiger partial charge is 0.0648 e. The molecule has 1 saturated carbocycles. The number of likely N-dealkylation sites (tertiary alicyclic amines) is 2. The molecule has 1 aromatic carbocycles. The van der Waals surface area contributed by atoms with Crippen molar-refractivity contribution in [2.45, 2.75) is 63.5 Å². The third-order valence-corrected chi connectivity index (χ3v) is 10.3. The van der Waals surface area contributed by atoms with Crippen molar-refractivity contribution < 1.29 is 4.74 Å². The summed E-state index contributed by atoms with van der Waals surface area (Å²) in [7, 11) is 0. The number of hydrogen-bond acceptors (Lipinski definition) is 4. The van der Waals surface area contributed by atoms with E-state index in [2.05, 4.69) is 39.3 Å². The fourth-order valence-corrected chi connectivity index (χ4v) is 8.20. The normalized spacial score (nSPS) is 25.1. The molecule has 2 aromatic rings. The van der Waals surface area contributed by atoms with Gasteiger partial charge in [-0.25, -0.2) is 0 Å². The highest BCUT2D eigenvalue weighted by atomic mass is 35.5. The predicted molar refractivity (Wildman–Crippen MR) is 158 cm³/mol. The van der Waals surface area contributed by atoms with Crippen LogP contribution in [-0.2, 0) is 11.3 Å². The lowest BCUT2D eigenvalue weighted by molar-refractivity contribution is 0.00498. The first-order chi connectivity index (χ1) is 18.1. The highest BCUT2D eigenvalue weighted by molar-refractivity contribution is 7.08. The van der Waals surface area contributed by atoms with Gasteiger partial charge in [0.15, 0.2) is 0 Å². The zero-order valence-electron chi connectivity index (χ0n) is 22.0. The molecule has 3 aliphatic rings. The van der Waals surface area contributed by atoms with Crippen molar-refractivity contribution in [3.05, 3.63) is 68.9 Å². The molecule has 1 aromatic heterocycles. The van der Waals surface area contributed by atoms with Gasteiger partial charge >= 0.3 is 0 Å². The fraction of sp³-hybridized carbons (Fsp3) is 0.613. The monoisotopic (exact) mass is 560 g/mol. The number of rotatable bonds is 11. The van der Waals surface area contributed by atoms with Gasteiger partial charge in [-0.1, -0.05) is 48.2 Å². The van der Waals surface area contributed by atoms with Gasteiger partial charge in [0.25, 0.3) is 0 Å². The number of hydrogen-bond donors (Lipinski definition) is 0. The molecular formula is C31H42Cl2N2OS. The van der Waals surface area contributed by atoms with Gasteiger partial charge in [0, 0.05) is 42.1 Å². The summed E-state index contributed by atoms with van der Waals surface area (Å²) in [5.74, 6) is 2.81. The van der Waals surface area contributed by atoms with Gasteiger partial charge in [-0.2, -0.15) is 11.3 Å². The molecule has 0 bridgehead atoms. The first-order valence-electron chi connectivity index (χ1n) is 14.2. The Balaban J connectivity index is 1.16. The average molecular weight is 562 g/mol. The molecule has 3 heterocycles. The molecule has 2 saturated heterocycles. The van der Waals surface area contributed by atoms with Gasteiger partial charge < -0.3 is 9.64 Å². The van der Waals surface area contributed by atoms with Crippen molar-refractivity contribution in [2.75, 3.05) is 39.3 Å². The van der Waals surface area contributed by atoms with Crippen molar-refractivity contribution in [3.63, 3.8) is 0 Å². The molecule has 202 valence electrons. The molecule has 5 rings (SSSR count). The summed E-state index contributed by atoms with van der Waals surface area (Å²) in [6.45, 7) is 11.3. The van der Waals surface area contributed by atoms with Crippen LogP contribution in [0.4, 0.5) is 0 Å². The minimum absolute atomic E-state index is 0.433. The van der Waals surface area contributed by atoms with E-state index in [1.54, 1.807) is 0 Å². The Hall–Kier alpha value is -0.880. The third kappa shape index (κ3) is 7.41. The topological polar surface area (TPSA) is 15.7 Å². The van der Waals surface area contributed by atoms with E-state index in [4.69, 9.17) is 27.9 Å². The Labute approximate surface area is 237 Å². The Morgan fingerprint density at radius 2 is 1.86 bits per heavy atom. The Bertz CT molecular complexity index is 985. The van der Waals surface area contributed by atoms with E-state index in [1.807, 2.05) is 29.5 Å².